The summed E-state index contributed by atoms with van der Waals surface area (Å²) in [5.74, 6) is 0.561. The molecule has 1 aromatic rings. The molecule has 0 saturated carbocycles. The Bertz CT molecular complexity index is 517. The van der Waals surface area contributed by atoms with Gasteiger partial charge < -0.3 is 5.32 Å². The molecule has 0 saturated heterocycles. The van der Waals surface area contributed by atoms with Crippen molar-refractivity contribution in [1.29, 1.82) is 0 Å². The Morgan fingerprint density at radius 1 is 1.29 bits per heavy atom. The van der Waals surface area contributed by atoms with Crippen molar-refractivity contribution in [3.05, 3.63) is 35.6 Å². The number of sulfone groups is 1. The Morgan fingerprint density at radius 2 is 2.05 bits per heavy atom. The van der Waals surface area contributed by atoms with Gasteiger partial charge in [-0.3, -0.25) is 0 Å². The third kappa shape index (κ3) is 7.58. The van der Waals surface area contributed by atoms with Gasteiger partial charge in [-0.15, -0.1) is 0 Å². The minimum absolute atomic E-state index is 0.203. The van der Waals surface area contributed by atoms with E-state index < -0.39 is 9.84 Å². The maximum absolute atomic E-state index is 13.2. The van der Waals surface area contributed by atoms with Crippen molar-refractivity contribution < 1.29 is 12.8 Å². The van der Waals surface area contributed by atoms with Gasteiger partial charge >= 0.3 is 0 Å². The zero-order chi connectivity index (χ0) is 15.7. The summed E-state index contributed by atoms with van der Waals surface area (Å²) in [4.78, 5) is 0. The molecule has 0 bridgehead atoms. The van der Waals surface area contributed by atoms with Gasteiger partial charge in [0.2, 0.25) is 0 Å². The molecule has 0 aliphatic rings. The first-order chi connectivity index (χ1) is 9.96. The zero-order valence-electron chi connectivity index (χ0n) is 12.9. The summed E-state index contributed by atoms with van der Waals surface area (Å²) in [6.45, 7) is 5.44. The molecule has 0 amide bonds. The Kier molecular flexibility index (Phi) is 7.89. The fourth-order valence-corrected chi connectivity index (χ4v) is 3.25. The van der Waals surface area contributed by atoms with Crippen LogP contribution in [0.15, 0.2) is 24.3 Å². The van der Waals surface area contributed by atoms with E-state index in [0.717, 1.165) is 31.5 Å². The van der Waals surface area contributed by atoms with Crippen LogP contribution in [-0.2, 0) is 16.3 Å². The van der Waals surface area contributed by atoms with Gasteiger partial charge in [0.25, 0.3) is 0 Å². The maximum atomic E-state index is 13.2. The Morgan fingerprint density at radius 3 is 2.67 bits per heavy atom. The molecule has 0 radical (unpaired) electrons. The van der Waals surface area contributed by atoms with Crippen LogP contribution in [0.5, 0.6) is 0 Å². The minimum atomic E-state index is -2.90. The Hall–Kier alpha value is -0.940. The minimum Gasteiger partial charge on any atom is -0.317 e. The summed E-state index contributed by atoms with van der Waals surface area (Å²) in [6, 6.07) is 6.64. The van der Waals surface area contributed by atoms with E-state index in [9.17, 15) is 12.8 Å². The number of hydrogen-bond acceptors (Lipinski definition) is 3. The SMILES string of the molecule is CCNCC(CCCS(=O)(=O)CC)Cc1cccc(F)c1. The van der Waals surface area contributed by atoms with Crippen molar-refractivity contribution in [3.63, 3.8) is 0 Å². The second kappa shape index (κ2) is 9.15. The van der Waals surface area contributed by atoms with E-state index in [4.69, 9.17) is 0 Å². The van der Waals surface area contributed by atoms with Crippen LogP contribution in [0, 0.1) is 11.7 Å². The molecule has 0 aliphatic heterocycles. The van der Waals surface area contributed by atoms with Crippen molar-refractivity contribution in [2.45, 2.75) is 33.1 Å². The monoisotopic (exact) mass is 315 g/mol. The van der Waals surface area contributed by atoms with E-state index in [1.807, 2.05) is 13.0 Å². The molecule has 21 heavy (non-hydrogen) atoms. The van der Waals surface area contributed by atoms with E-state index in [1.165, 1.54) is 6.07 Å². The molecule has 0 aromatic heterocycles. The number of halogens is 1. The number of rotatable bonds is 10. The molecule has 1 unspecified atom stereocenters. The molecular formula is C16H26FNO2S. The van der Waals surface area contributed by atoms with Crippen LogP contribution in [0.4, 0.5) is 4.39 Å². The van der Waals surface area contributed by atoms with Crippen LogP contribution in [-0.4, -0.2) is 33.0 Å². The van der Waals surface area contributed by atoms with Crippen LogP contribution in [0.25, 0.3) is 0 Å². The molecule has 1 atom stereocenters. The highest BCUT2D eigenvalue weighted by Crippen LogP contribution is 2.15. The quantitative estimate of drug-likeness (QED) is 0.722. The maximum Gasteiger partial charge on any atom is 0.150 e. The molecule has 5 heteroatoms. The molecule has 0 aliphatic carbocycles. The highest BCUT2D eigenvalue weighted by molar-refractivity contribution is 7.91. The fourth-order valence-electron chi connectivity index (χ4n) is 2.36. The fraction of sp³-hybridized carbons (Fsp3) is 0.625. The number of benzene rings is 1. The largest absolute Gasteiger partial charge is 0.317 e. The second-order valence-electron chi connectivity index (χ2n) is 5.39. The van der Waals surface area contributed by atoms with E-state index in [2.05, 4.69) is 5.32 Å². The molecule has 0 spiro atoms. The van der Waals surface area contributed by atoms with Crippen molar-refractivity contribution in [2.24, 2.45) is 5.92 Å². The lowest BCUT2D eigenvalue weighted by Gasteiger charge is -2.17. The summed E-state index contributed by atoms with van der Waals surface area (Å²) < 4.78 is 36.3. The van der Waals surface area contributed by atoms with E-state index in [-0.39, 0.29) is 17.3 Å². The van der Waals surface area contributed by atoms with Crippen LogP contribution in [0.1, 0.15) is 32.3 Å². The highest BCUT2D eigenvalue weighted by Gasteiger charge is 2.13. The van der Waals surface area contributed by atoms with Gasteiger partial charge in [0, 0.05) is 5.75 Å². The van der Waals surface area contributed by atoms with Crippen molar-refractivity contribution in [3.8, 4) is 0 Å². The molecule has 1 rings (SSSR count). The van der Waals surface area contributed by atoms with Crippen molar-refractivity contribution >= 4 is 9.84 Å². The summed E-state index contributed by atoms with van der Waals surface area (Å²) >= 11 is 0. The Balaban J connectivity index is 2.55. The van der Waals surface area contributed by atoms with Gasteiger partial charge in [0.05, 0.1) is 5.75 Å². The number of hydrogen-bond donors (Lipinski definition) is 1. The first-order valence-corrected chi connectivity index (χ1v) is 9.44. The molecule has 120 valence electrons. The molecule has 0 fully saturated rings. The molecule has 3 nitrogen and oxygen atoms in total. The van der Waals surface area contributed by atoms with Crippen molar-refractivity contribution in [2.75, 3.05) is 24.6 Å². The summed E-state index contributed by atoms with van der Waals surface area (Å²) in [5, 5.41) is 3.30. The lowest BCUT2D eigenvalue weighted by Crippen LogP contribution is -2.24. The van der Waals surface area contributed by atoms with Gasteiger partial charge in [0.1, 0.15) is 15.7 Å². The first kappa shape index (κ1) is 18.1. The zero-order valence-corrected chi connectivity index (χ0v) is 13.8. The van der Waals surface area contributed by atoms with Gasteiger partial charge in [0.15, 0.2) is 0 Å². The van der Waals surface area contributed by atoms with Gasteiger partial charge in [-0.25, -0.2) is 12.8 Å². The van der Waals surface area contributed by atoms with Crippen LogP contribution in [0.3, 0.4) is 0 Å². The van der Waals surface area contributed by atoms with E-state index in [1.54, 1.807) is 19.1 Å². The first-order valence-electron chi connectivity index (χ1n) is 7.62. The smallest absolute Gasteiger partial charge is 0.150 e. The van der Waals surface area contributed by atoms with E-state index >= 15 is 0 Å². The van der Waals surface area contributed by atoms with E-state index in [0.29, 0.717) is 12.3 Å². The summed E-state index contributed by atoms with van der Waals surface area (Å²) in [5.41, 5.74) is 0.969. The lowest BCUT2D eigenvalue weighted by atomic mass is 9.95. The molecule has 1 aromatic carbocycles. The summed E-state index contributed by atoms with van der Waals surface area (Å²) in [6.07, 6.45) is 2.28. The van der Waals surface area contributed by atoms with Crippen LogP contribution >= 0.6 is 0 Å². The molecular weight excluding hydrogens is 289 g/mol. The summed E-state index contributed by atoms with van der Waals surface area (Å²) in [7, 11) is -2.90. The molecule has 1 N–H and O–H groups in total. The Labute approximate surface area is 127 Å². The third-order valence-corrected chi connectivity index (χ3v) is 5.39. The third-order valence-electron chi connectivity index (χ3n) is 3.60. The molecule has 0 heterocycles. The normalized spacial score (nSPS) is 13.3. The highest BCUT2D eigenvalue weighted by atomic mass is 32.2. The predicted molar refractivity (Wildman–Crippen MR) is 85.7 cm³/mol. The average Bonchev–Trinajstić information content (AvgIpc) is 2.44. The average molecular weight is 315 g/mol. The topological polar surface area (TPSA) is 46.2 Å². The van der Waals surface area contributed by atoms with Crippen LogP contribution in [0.2, 0.25) is 0 Å². The lowest BCUT2D eigenvalue weighted by molar-refractivity contribution is 0.443. The van der Waals surface area contributed by atoms with Crippen LogP contribution < -0.4 is 5.32 Å². The standard InChI is InChI=1S/C16H26FNO2S/c1-3-18-13-15(8-6-10-21(19,20)4-2)11-14-7-5-9-16(17)12-14/h5,7,9,12,15,18H,3-4,6,8,10-11,13H2,1-2H3. The van der Waals surface area contributed by atoms with Gasteiger partial charge in [-0.2, -0.15) is 0 Å². The predicted octanol–water partition coefficient (Wildman–Crippen LogP) is 2.81. The number of nitrogens with one attached hydrogen (secondary N) is 1. The van der Waals surface area contributed by atoms with Crippen molar-refractivity contribution in [1.82, 2.24) is 5.32 Å². The second-order valence-corrected chi connectivity index (χ2v) is 7.86. The van der Waals surface area contributed by atoms with Gasteiger partial charge in [-0.05, 0) is 56.0 Å². The van der Waals surface area contributed by atoms with Gasteiger partial charge in [-0.1, -0.05) is 26.0 Å².